The summed E-state index contributed by atoms with van der Waals surface area (Å²) in [5, 5.41) is 0. The Morgan fingerprint density at radius 1 is 1.25 bits per heavy atom. The summed E-state index contributed by atoms with van der Waals surface area (Å²) in [5.41, 5.74) is 0. The van der Waals surface area contributed by atoms with E-state index in [0.29, 0.717) is 5.88 Å². The van der Waals surface area contributed by atoms with Crippen LogP contribution in [0.4, 0.5) is 0 Å². The van der Waals surface area contributed by atoms with Crippen LogP contribution < -0.4 is 4.74 Å². The van der Waals surface area contributed by atoms with Crippen molar-refractivity contribution in [3.05, 3.63) is 22.8 Å². The molecule has 2 fully saturated rings. The van der Waals surface area contributed by atoms with Gasteiger partial charge >= 0.3 is 0 Å². The molecule has 1 spiro atoms. The molecule has 0 amide bonds. The predicted molar refractivity (Wildman–Crippen MR) is 80.8 cm³/mol. The minimum absolute atomic E-state index is 0.213. The molecule has 0 unspecified atom stereocenters. The number of ether oxygens (including phenoxy) is 3. The summed E-state index contributed by atoms with van der Waals surface area (Å²) in [6, 6.07) is 3.79. The van der Waals surface area contributed by atoms with Crippen molar-refractivity contribution in [2.45, 2.75) is 51.4 Å². The molecular weight excluding hydrogens is 322 g/mol. The number of hydrogen-bond acceptors (Lipinski definition) is 4. The summed E-state index contributed by atoms with van der Waals surface area (Å²) in [4.78, 5) is 4.21. The van der Waals surface area contributed by atoms with Gasteiger partial charge in [0, 0.05) is 29.6 Å². The third-order valence-corrected chi connectivity index (χ3v) is 3.99. The van der Waals surface area contributed by atoms with Crippen LogP contribution in [0.2, 0.25) is 0 Å². The Morgan fingerprint density at radius 3 is 2.50 bits per heavy atom. The molecule has 1 aliphatic carbocycles. The number of pyridine rings is 1. The van der Waals surface area contributed by atoms with Gasteiger partial charge in [-0.3, -0.25) is 0 Å². The Labute approximate surface area is 129 Å². The number of rotatable bonds is 2. The van der Waals surface area contributed by atoms with Gasteiger partial charge in [-0.05, 0) is 18.9 Å². The molecule has 0 N–H and O–H groups in total. The molecule has 2 aliphatic rings. The summed E-state index contributed by atoms with van der Waals surface area (Å²) < 4.78 is 18.3. The van der Waals surface area contributed by atoms with Crippen LogP contribution in [-0.2, 0) is 9.47 Å². The molecule has 0 bridgehead atoms. The highest BCUT2D eigenvalue weighted by Crippen LogP contribution is 2.36. The molecule has 4 nitrogen and oxygen atoms in total. The molecule has 2 heterocycles. The molecule has 1 saturated carbocycles. The molecule has 20 heavy (non-hydrogen) atoms. The zero-order valence-electron chi connectivity index (χ0n) is 12.1. The average Bonchev–Trinajstić information content (AvgIpc) is 2.93. The van der Waals surface area contributed by atoms with Crippen LogP contribution >= 0.6 is 15.9 Å². The lowest BCUT2D eigenvalue weighted by Crippen LogP contribution is -2.38. The van der Waals surface area contributed by atoms with E-state index < -0.39 is 0 Å². The van der Waals surface area contributed by atoms with Crippen molar-refractivity contribution in [1.82, 2.24) is 4.98 Å². The Balaban J connectivity index is 0.000000704. The topological polar surface area (TPSA) is 40.6 Å². The van der Waals surface area contributed by atoms with Gasteiger partial charge in [-0.1, -0.05) is 29.8 Å². The first kappa shape index (κ1) is 15.7. The summed E-state index contributed by atoms with van der Waals surface area (Å²) in [5.74, 6) is 0.364. The Bertz CT molecular complexity index is 411. The van der Waals surface area contributed by atoms with E-state index in [-0.39, 0.29) is 11.9 Å². The van der Waals surface area contributed by atoms with Gasteiger partial charge in [0.05, 0.1) is 13.2 Å². The van der Waals surface area contributed by atoms with Gasteiger partial charge in [0.2, 0.25) is 5.88 Å². The zero-order valence-corrected chi connectivity index (χ0v) is 13.7. The first-order valence-corrected chi connectivity index (χ1v) is 8.11. The SMILES string of the molecule is Brc1ccnc(OC2CCC3(CC2)OCCO3)c1.CC. The fraction of sp³-hybridized carbons (Fsp3) is 0.667. The van der Waals surface area contributed by atoms with E-state index in [9.17, 15) is 0 Å². The van der Waals surface area contributed by atoms with E-state index in [1.54, 1.807) is 6.20 Å². The molecule has 1 aromatic rings. The lowest BCUT2D eigenvalue weighted by atomic mass is 9.92. The highest BCUT2D eigenvalue weighted by molar-refractivity contribution is 9.10. The average molecular weight is 344 g/mol. The van der Waals surface area contributed by atoms with E-state index >= 15 is 0 Å². The molecule has 0 radical (unpaired) electrons. The minimum atomic E-state index is -0.315. The molecule has 0 atom stereocenters. The van der Waals surface area contributed by atoms with Gasteiger partial charge in [0.25, 0.3) is 0 Å². The van der Waals surface area contributed by atoms with E-state index in [2.05, 4.69) is 20.9 Å². The minimum Gasteiger partial charge on any atom is -0.474 e. The predicted octanol–water partition coefficient (Wildman–Crippen LogP) is 3.93. The third-order valence-electron chi connectivity index (χ3n) is 3.49. The van der Waals surface area contributed by atoms with E-state index in [0.717, 1.165) is 43.4 Å². The van der Waals surface area contributed by atoms with E-state index in [1.165, 1.54) is 0 Å². The van der Waals surface area contributed by atoms with Crippen LogP contribution in [0.3, 0.4) is 0 Å². The van der Waals surface area contributed by atoms with Crippen molar-refractivity contribution in [3.63, 3.8) is 0 Å². The van der Waals surface area contributed by atoms with Gasteiger partial charge < -0.3 is 14.2 Å². The smallest absolute Gasteiger partial charge is 0.214 e. The van der Waals surface area contributed by atoms with Gasteiger partial charge in [-0.25, -0.2) is 4.98 Å². The maximum atomic E-state index is 5.89. The zero-order chi connectivity index (χ0) is 14.4. The second-order valence-electron chi connectivity index (χ2n) is 4.74. The number of nitrogens with zero attached hydrogens (tertiary/aromatic N) is 1. The fourth-order valence-corrected chi connectivity index (χ4v) is 2.87. The summed E-state index contributed by atoms with van der Waals surface area (Å²) in [6.07, 6.45) is 5.68. The van der Waals surface area contributed by atoms with Crippen LogP contribution in [-0.4, -0.2) is 30.1 Å². The lowest BCUT2D eigenvalue weighted by molar-refractivity contribution is -0.186. The van der Waals surface area contributed by atoms with Crippen LogP contribution in [0.5, 0.6) is 5.88 Å². The Hall–Kier alpha value is -0.650. The van der Waals surface area contributed by atoms with Crippen LogP contribution in [0.25, 0.3) is 0 Å². The van der Waals surface area contributed by atoms with Gasteiger partial charge in [0.15, 0.2) is 5.79 Å². The standard InChI is InChI=1S/C13H16BrNO3.C2H6/c14-10-3-6-15-12(9-10)18-11-1-4-13(5-2-11)16-7-8-17-13;1-2/h3,6,9,11H,1-2,4-5,7-8H2;1-2H3. The van der Waals surface area contributed by atoms with Gasteiger partial charge in [0.1, 0.15) is 6.10 Å². The summed E-state index contributed by atoms with van der Waals surface area (Å²) >= 11 is 3.42. The first-order chi connectivity index (χ1) is 9.76. The monoisotopic (exact) mass is 343 g/mol. The van der Waals surface area contributed by atoms with Crippen molar-refractivity contribution >= 4 is 15.9 Å². The molecule has 1 aliphatic heterocycles. The number of aromatic nitrogens is 1. The first-order valence-electron chi connectivity index (χ1n) is 7.32. The molecule has 0 aromatic carbocycles. The fourth-order valence-electron chi connectivity index (χ4n) is 2.56. The third kappa shape index (κ3) is 3.93. The normalized spacial score (nSPS) is 21.4. The summed E-state index contributed by atoms with van der Waals surface area (Å²) in [6.45, 7) is 5.44. The number of halogens is 1. The second kappa shape index (κ2) is 7.38. The second-order valence-corrected chi connectivity index (χ2v) is 5.65. The Morgan fingerprint density at radius 2 is 1.90 bits per heavy atom. The molecule has 5 heteroatoms. The van der Waals surface area contributed by atoms with Crippen molar-refractivity contribution in [2.75, 3.05) is 13.2 Å². The maximum absolute atomic E-state index is 5.89. The maximum Gasteiger partial charge on any atom is 0.214 e. The quantitative estimate of drug-likeness (QED) is 0.815. The van der Waals surface area contributed by atoms with Crippen molar-refractivity contribution in [2.24, 2.45) is 0 Å². The van der Waals surface area contributed by atoms with Crippen molar-refractivity contribution < 1.29 is 14.2 Å². The number of hydrogen-bond donors (Lipinski definition) is 0. The molecule has 1 saturated heterocycles. The Kier molecular flexibility index (Phi) is 5.81. The highest BCUT2D eigenvalue weighted by Gasteiger charge is 2.40. The van der Waals surface area contributed by atoms with E-state index in [4.69, 9.17) is 14.2 Å². The van der Waals surface area contributed by atoms with Gasteiger partial charge in [-0.2, -0.15) is 0 Å². The molecule has 3 rings (SSSR count). The molecular formula is C15H22BrNO3. The van der Waals surface area contributed by atoms with Crippen molar-refractivity contribution in [1.29, 1.82) is 0 Å². The molecule has 112 valence electrons. The molecule has 1 aromatic heterocycles. The van der Waals surface area contributed by atoms with Gasteiger partial charge in [-0.15, -0.1) is 0 Å². The van der Waals surface area contributed by atoms with Crippen LogP contribution in [0, 0.1) is 0 Å². The largest absolute Gasteiger partial charge is 0.474 e. The van der Waals surface area contributed by atoms with Crippen LogP contribution in [0.1, 0.15) is 39.5 Å². The van der Waals surface area contributed by atoms with Crippen molar-refractivity contribution in [3.8, 4) is 5.88 Å². The lowest BCUT2D eigenvalue weighted by Gasteiger charge is -2.35. The van der Waals surface area contributed by atoms with Crippen LogP contribution in [0.15, 0.2) is 22.8 Å². The highest BCUT2D eigenvalue weighted by atomic mass is 79.9. The van der Waals surface area contributed by atoms with E-state index in [1.807, 2.05) is 26.0 Å². The summed E-state index contributed by atoms with van der Waals surface area (Å²) in [7, 11) is 0.